The quantitative estimate of drug-likeness (QED) is 0.562. The van der Waals surface area contributed by atoms with Crippen molar-refractivity contribution in [3.8, 4) is 0 Å². The van der Waals surface area contributed by atoms with Gasteiger partial charge in [-0.15, -0.1) is 11.3 Å². The molecule has 0 aliphatic heterocycles. The van der Waals surface area contributed by atoms with Gasteiger partial charge in [-0.05, 0) is 37.7 Å². The summed E-state index contributed by atoms with van der Waals surface area (Å²) in [4.78, 5) is 37.7. The Morgan fingerprint density at radius 3 is 2.54 bits per heavy atom. The first-order valence-corrected chi connectivity index (χ1v) is 9.79. The van der Waals surface area contributed by atoms with Crippen LogP contribution in [-0.4, -0.2) is 29.6 Å². The number of hydrogen-bond donors (Lipinski definition) is 2. The van der Waals surface area contributed by atoms with E-state index in [-0.39, 0.29) is 24.3 Å². The van der Waals surface area contributed by atoms with E-state index in [1.807, 2.05) is 19.1 Å². The second-order valence-electron chi connectivity index (χ2n) is 6.75. The van der Waals surface area contributed by atoms with Gasteiger partial charge in [0.2, 0.25) is 5.91 Å². The van der Waals surface area contributed by atoms with Gasteiger partial charge in [0, 0.05) is 4.88 Å². The Labute approximate surface area is 156 Å². The van der Waals surface area contributed by atoms with Crippen LogP contribution in [0.3, 0.4) is 0 Å². The van der Waals surface area contributed by atoms with Crippen molar-refractivity contribution >= 4 is 34.2 Å². The average Bonchev–Trinajstić information content (AvgIpc) is 3.29. The maximum atomic E-state index is 12.9. The monoisotopic (exact) mass is 377 g/mol. The molecule has 1 heterocycles. The number of esters is 1. The first kappa shape index (κ1) is 18.6. The van der Waals surface area contributed by atoms with Gasteiger partial charge in [-0.2, -0.15) is 0 Å². The van der Waals surface area contributed by atoms with Crippen LogP contribution in [0.2, 0.25) is 0 Å². The van der Waals surface area contributed by atoms with Crippen molar-refractivity contribution in [2.45, 2.75) is 33.1 Å². The van der Waals surface area contributed by atoms with Crippen molar-refractivity contribution < 1.29 is 24.2 Å². The summed E-state index contributed by atoms with van der Waals surface area (Å²) in [7, 11) is 0. The minimum absolute atomic E-state index is 0.0535. The molecule has 6 nitrogen and oxygen atoms in total. The number of nitrogens with one attached hydrogen (secondary N) is 1. The molecular formula is C19H23NO5S. The molecule has 3 rings (SSSR count). The number of carbonyl (C=O) groups excluding carboxylic acids is 2. The van der Waals surface area contributed by atoms with E-state index in [2.05, 4.69) is 5.32 Å². The smallest absolute Gasteiger partial charge is 0.341 e. The molecule has 0 aromatic carbocycles. The third-order valence-corrected chi connectivity index (χ3v) is 6.17. The lowest BCUT2D eigenvalue weighted by Crippen LogP contribution is -2.36. The normalized spacial score (nSPS) is 26.1. The second-order valence-corrected chi connectivity index (χ2v) is 7.89. The van der Waals surface area contributed by atoms with Crippen LogP contribution in [0.25, 0.3) is 0 Å². The molecule has 0 spiro atoms. The largest absolute Gasteiger partial charge is 0.481 e. The van der Waals surface area contributed by atoms with E-state index in [0.717, 1.165) is 17.7 Å². The SMILES string of the molecule is CCCc1cc(C(=O)OCC)c(NC(=O)[C@H]2[C@@H](C(=O)O)[C@H]3C=C[C@@H]2C3)s1. The number of hydrogen-bond acceptors (Lipinski definition) is 5. The van der Waals surface area contributed by atoms with Crippen LogP contribution in [0.5, 0.6) is 0 Å². The molecule has 1 amide bonds. The highest BCUT2D eigenvalue weighted by Crippen LogP contribution is 2.48. The number of rotatable bonds is 7. The van der Waals surface area contributed by atoms with Crippen LogP contribution in [0.4, 0.5) is 5.00 Å². The number of carbonyl (C=O) groups is 3. The average molecular weight is 377 g/mol. The van der Waals surface area contributed by atoms with E-state index in [4.69, 9.17) is 4.74 Å². The number of carboxylic acids is 1. The van der Waals surface area contributed by atoms with Gasteiger partial charge in [0.1, 0.15) is 5.00 Å². The minimum atomic E-state index is -0.939. The number of allylic oxidation sites excluding steroid dienone is 2. The van der Waals surface area contributed by atoms with Crippen LogP contribution >= 0.6 is 11.3 Å². The molecule has 1 fully saturated rings. The number of ether oxygens (including phenoxy) is 1. The Kier molecular flexibility index (Phi) is 5.46. The summed E-state index contributed by atoms with van der Waals surface area (Å²) in [5.41, 5.74) is 0.347. The zero-order chi connectivity index (χ0) is 18.8. The predicted octanol–water partition coefficient (Wildman–Crippen LogP) is 3.34. The molecule has 0 radical (unpaired) electrons. The molecule has 140 valence electrons. The summed E-state index contributed by atoms with van der Waals surface area (Å²) in [6, 6.07) is 1.76. The van der Waals surface area contributed by atoms with Gasteiger partial charge >= 0.3 is 11.9 Å². The zero-order valence-electron chi connectivity index (χ0n) is 14.9. The number of fused-ring (bicyclic) bond motifs is 2. The molecule has 2 bridgehead atoms. The molecule has 2 N–H and O–H groups in total. The number of aryl methyl sites for hydroxylation is 1. The van der Waals surface area contributed by atoms with Crippen LogP contribution in [0.1, 0.15) is 41.9 Å². The Hall–Kier alpha value is -2.15. The lowest BCUT2D eigenvalue weighted by Gasteiger charge is -2.23. The molecule has 26 heavy (non-hydrogen) atoms. The first-order chi connectivity index (χ1) is 12.5. The number of thiophene rings is 1. The fourth-order valence-electron chi connectivity index (χ4n) is 3.98. The van der Waals surface area contributed by atoms with E-state index in [9.17, 15) is 19.5 Å². The molecule has 0 unspecified atom stereocenters. The van der Waals surface area contributed by atoms with E-state index < -0.39 is 23.8 Å². The van der Waals surface area contributed by atoms with E-state index in [1.54, 1.807) is 13.0 Å². The number of anilines is 1. The molecule has 0 saturated heterocycles. The zero-order valence-corrected chi connectivity index (χ0v) is 15.7. The van der Waals surface area contributed by atoms with Gasteiger partial charge in [0.25, 0.3) is 0 Å². The highest BCUT2D eigenvalue weighted by atomic mass is 32.1. The summed E-state index contributed by atoms with van der Waals surface area (Å²) >= 11 is 1.36. The Balaban J connectivity index is 1.83. The lowest BCUT2D eigenvalue weighted by atomic mass is 9.82. The summed E-state index contributed by atoms with van der Waals surface area (Å²) in [6.45, 7) is 4.03. The van der Waals surface area contributed by atoms with E-state index in [0.29, 0.717) is 17.0 Å². The van der Waals surface area contributed by atoms with E-state index in [1.165, 1.54) is 11.3 Å². The second kappa shape index (κ2) is 7.61. The van der Waals surface area contributed by atoms with Crippen molar-refractivity contribution in [1.82, 2.24) is 0 Å². The maximum absolute atomic E-state index is 12.9. The van der Waals surface area contributed by atoms with Crippen LogP contribution in [0, 0.1) is 23.7 Å². The van der Waals surface area contributed by atoms with Crippen LogP contribution in [-0.2, 0) is 20.7 Å². The number of aliphatic carboxylic acids is 1. The predicted molar refractivity (Wildman–Crippen MR) is 98.3 cm³/mol. The van der Waals surface area contributed by atoms with Crippen molar-refractivity contribution in [2.75, 3.05) is 11.9 Å². The fraction of sp³-hybridized carbons (Fsp3) is 0.526. The van der Waals surface area contributed by atoms with Crippen LogP contribution in [0.15, 0.2) is 18.2 Å². The summed E-state index contributed by atoms with van der Waals surface area (Å²) in [5.74, 6) is -3.18. The third kappa shape index (κ3) is 3.40. The van der Waals surface area contributed by atoms with Crippen LogP contribution < -0.4 is 5.32 Å². The molecule has 2 aliphatic carbocycles. The Morgan fingerprint density at radius 1 is 1.23 bits per heavy atom. The van der Waals surface area contributed by atoms with Gasteiger partial charge in [-0.1, -0.05) is 25.5 Å². The lowest BCUT2D eigenvalue weighted by molar-refractivity contribution is -0.146. The summed E-state index contributed by atoms with van der Waals surface area (Å²) in [5, 5.41) is 12.8. The highest BCUT2D eigenvalue weighted by Gasteiger charge is 2.51. The maximum Gasteiger partial charge on any atom is 0.341 e. The molecule has 7 heteroatoms. The minimum Gasteiger partial charge on any atom is -0.481 e. The highest BCUT2D eigenvalue weighted by molar-refractivity contribution is 7.16. The molecule has 1 saturated carbocycles. The summed E-state index contributed by atoms with van der Waals surface area (Å²) in [6.07, 6.45) is 6.28. The number of carboxylic acid groups (broad SMARTS) is 1. The third-order valence-electron chi connectivity index (χ3n) is 5.06. The molecular weight excluding hydrogens is 354 g/mol. The standard InChI is InChI=1S/C19H23NO5S/c1-3-5-12-9-13(19(24)25-4-2)17(26-12)20-16(21)14-10-6-7-11(8-10)15(14)18(22)23/h6-7,9-11,14-15H,3-5,8H2,1-2H3,(H,20,21)(H,22,23)/t10-,11+,14-,15+/m1/s1. The first-order valence-electron chi connectivity index (χ1n) is 8.98. The Morgan fingerprint density at radius 2 is 1.92 bits per heavy atom. The van der Waals surface area contributed by atoms with Crippen molar-refractivity contribution in [1.29, 1.82) is 0 Å². The fourth-order valence-corrected chi connectivity index (χ4v) is 5.13. The van der Waals surface area contributed by atoms with Gasteiger partial charge in [0.15, 0.2) is 0 Å². The Bertz CT molecular complexity index is 753. The van der Waals surface area contributed by atoms with Gasteiger partial charge in [0.05, 0.1) is 24.0 Å². The van der Waals surface area contributed by atoms with Gasteiger partial charge in [-0.3, -0.25) is 9.59 Å². The molecule has 4 atom stereocenters. The van der Waals surface area contributed by atoms with Gasteiger partial charge < -0.3 is 15.2 Å². The topological polar surface area (TPSA) is 92.7 Å². The van der Waals surface area contributed by atoms with Crippen molar-refractivity contribution in [3.05, 3.63) is 28.7 Å². The van der Waals surface area contributed by atoms with Crippen molar-refractivity contribution in [2.24, 2.45) is 23.7 Å². The molecule has 1 aromatic rings. The van der Waals surface area contributed by atoms with Gasteiger partial charge in [-0.25, -0.2) is 4.79 Å². The molecule has 2 aliphatic rings. The molecule has 1 aromatic heterocycles. The van der Waals surface area contributed by atoms with E-state index >= 15 is 0 Å². The van der Waals surface area contributed by atoms with Crippen molar-refractivity contribution in [3.63, 3.8) is 0 Å². The summed E-state index contributed by atoms with van der Waals surface area (Å²) < 4.78 is 5.09. The number of amides is 1.